The van der Waals surface area contributed by atoms with Crippen molar-refractivity contribution in [2.45, 2.75) is 25.7 Å². The van der Waals surface area contributed by atoms with Crippen molar-refractivity contribution in [3.63, 3.8) is 0 Å². The topological polar surface area (TPSA) is 46.8 Å². The molecule has 1 aliphatic heterocycles. The Hall–Kier alpha value is -1.65. The Balaban J connectivity index is 2.03. The van der Waals surface area contributed by atoms with Gasteiger partial charge >= 0.3 is 0 Å². The van der Waals surface area contributed by atoms with Crippen molar-refractivity contribution in [1.29, 1.82) is 0 Å². The maximum absolute atomic E-state index is 4.45. The lowest BCUT2D eigenvalue weighted by atomic mass is 10.2. The van der Waals surface area contributed by atoms with E-state index < -0.39 is 0 Å². The fourth-order valence-electron chi connectivity index (χ4n) is 2.48. The molecule has 0 amide bonds. The molecule has 0 saturated carbocycles. The van der Waals surface area contributed by atoms with E-state index in [0.29, 0.717) is 0 Å². The summed E-state index contributed by atoms with van der Waals surface area (Å²) in [6, 6.07) is 0. The predicted octanol–water partition coefficient (Wildman–Crippen LogP) is 1.74. The van der Waals surface area contributed by atoms with Gasteiger partial charge in [-0.2, -0.15) is 5.10 Å². The zero-order valence-corrected chi connectivity index (χ0v) is 10.1. The Morgan fingerprint density at radius 3 is 2.59 bits per heavy atom. The molecular weight excluding hydrogens is 214 g/mol. The van der Waals surface area contributed by atoms with Crippen LogP contribution in [-0.2, 0) is 7.05 Å². The molecule has 2 aromatic rings. The third-order valence-electron chi connectivity index (χ3n) is 3.41. The smallest absolute Gasteiger partial charge is 0.163 e. The highest BCUT2D eigenvalue weighted by molar-refractivity contribution is 5.86. The number of fused-ring (bicyclic) bond motifs is 1. The molecule has 5 nitrogen and oxygen atoms in total. The van der Waals surface area contributed by atoms with E-state index in [2.05, 4.69) is 20.0 Å². The van der Waals surface area contributed by atoms with E-state index in [1.807, 2.05) is 13.2 Å². The quantitative estimate of drug-likeness (QED) is 0.750. The van der Waals surface area contributed by atoms with Crippen molar-refractivity contribution in [1.82, 2.24) is 19.7 Å². The van der Waals surface area contributed by atoms with Crippen LogP contribution in [0.15, 0.2) is 12.5 Å². The van der Waals surface area contributed by atoms with E-state index in [9.17, 15) is 0 Å². The van der Waals surface area contributed by atoms with E-state index in [0.717, 1.165) is 29.9 Å². The molecule has 0 aromatic carbocycles. The van der Waals surface area contributed by atoms with Gasteiger partial charge in [-0.05, 0) is 12.8 Å². The van der Waals surface area contributed by atoms with Gasteiger partial charge in [0.1, 0.15) is 12.1 Å². The fraction of sp³-hybridized carbons (Fsp3) is 0.583. The number of hydrogen-bond donors (Lipinski definition) is 0. The van der Waals surface area contributed by atoms with Crippen LogP contribution in [0.25, 0.3) is 11.0 Å². The van der Waals surface area contributed by atoms with Crippen LogP contribution in [0.5, 0.6) is 0 Å². The summed E-state index contributed by atoms with van der Waals surface area (Å²) in [6.07, 6.45) is 8.69. The van der Waals surface area contributed by atoms with Crippen LogP contribution in [0.3, 0.4) is 0 Å². The second kappa shape index (κ2) is 4.31. The van der Waals surface area contributed by atoms with Gasteiger partial charge in [0.15, 0.2) is 5.65 Å². The van der Waals surface area contributed by atoms with Crippen LogP contribution in [0.2, 0.25) is 0 Å². The molecule has 0 spiro atoms. The first-order valence-corrected chi connectivity index (χ1v) is 6.24. The van der Waals surface area contributed by atoms with Crippen molar-refractivity contribution in [2.75, 3.05) is 18.0 Å². The highest BCUT2D eigenvalue weighted by Gasteiger charge is 2.15. The lowest BCUT2D eigenvalue weighted by Gasteiger charge is -2.21. The van der Waals surface area contributed by atoms with E-state index in [-0.39, 0.29) is 0 Å². The molecule has 0 unspecified atom stereocenters. The highest BCUT2D eigenvalue weighted by atomic mass is 15.3. The summed E-state index contributed by atoms with van der Waals surface area (Å²) in [6.45, 7) is 2.20. The number of hydrogen-bond acceptors (Lipinski definition) is 4. The summed E-state index contributed by atoms with van der Waals surface area (Å²) in [7, 11) is 1.92. The number of rotatable bonds is 1. The maximum Gasteiger partial charge on any atom is 0.163 e. The third kappa shape index (κ3) is 1.85. The molecule has 0 bridgehead atoms. The maximum atomic E-state index is 4.45. The van der Waals surface area contributed by atoms with Crippen LogP contribution in [0.1, 0.15) is 25.7 Å². The molecule has 0 aliphatic carbocycles. The van der Waals surface area contributed by atoms with Crippen LogP contribution in [0.4, 0.5) is 5.82 Å². The van der Waals surface area contributed by atoms with E-state index >= 15 is 0 Å². The molecule has 5 heteroatoms. The van der Waals surface area contributed by atoms with Gasteiger partial charge in [0.05, 0.1) is 11.6 Å². The SMILES string of the molecule is Cn1ncc2c(N3CCCCCC3)ncnc21. The van der Waals surface area contributed by atoms with E-state index in [1.54, 1.807) is 11.0 Å². The standard InChI is InChI=1S/C12H17N5/c1-16-11-10(8-15-16)12(14-9-13-11)17-6-4-2-3-5-7-17/h8-9H,2-7H2,1H3. The average Bonchev–Trinajstić information content (AvgIpc) is 2.59. The van der Waals surface area contributed by atoms with Crippen molar-refractivity contribution in [2.24, 2.45) is 7.05 Å². The molecule has 1 fully saturated rings. The molecule has 3 rings (SSSR count). The lowest BCUT2D eigenvalue weighted by molar-refractivity contribution is 0.726. The zero-order chi connectivity index (χ0) is 11.7. The highest BCUT2D eigenvalue weighted by Crippen LogP contribution is 2.24. The van der Waals surface area contributed by atoms with Gasteiger partial charge in [-0.25, -0.2) is 9.97 Å². The van der Waals surface area contributed by atoms with Gasteiger partial charge in [-0.1, -0.05) is 12.8 Å². The second-order valence-corrected chi connectivity index (χ2v) is 4.60. The Morgan fingerprint density at radius 1 is 1.06 bits per heavy atom. The second-order valence-electron chi connectivity index (χ2n) is 4.60. The van der Waals surface area contributed by atoms with Crippen molar-refractivity contribution in [3.8, 4) is 0 Å². The molecule has 0 radical (unpaired) electrons. The van der Waals surface area contributed by atoms with Crippen LogP contribution >= 0.6 is 0 Å². The number of anilines is 1. The molecule has 3 heterocycles. The third-order valence-corrected chi connectivity index (χ3v) is 3.41. The van der Waals surface area contributed by atoms with Gasteiger partial charge in [-0.15, -0.1) is 0 Å². The normalized spacial score (nSPS) is 17.4. The minimum absolute atomic E-state index is 0.916. The summed E-state index contributed by atoms with van der Waals surface area (Å²) < 4.78 is 1.80. The van der Waals surface area contributed by atoms with Gasteiger partial charge in [0.25, 0.3) is 0 Å². The molecule has 0 N–H and O–H groups in total. The van der Waals surface area contributed by atoms with Crippen molar-refractivity contribution in [3.05, 3.63) is 12.5 Å². The van der Waals surface area contributed by atoms with E-state index in [4.69, 9.17) is 0 Å². The molecular formula is C12H17N5. The van der Waals surface area contributed by atoms with Crippen LogP contribution in [0, 0.1) is 0 Å². The zero-order valence-electron chi connectivity index (χ0n) is 10.1. The van der Waals surface area contributed by atoms with Gasteiger partial charge in [-0.3, -0.25) is 4.68 Å². The first kappa shape index (κ1) is 10.5. The Kier molecular flexibility index (Phi) is 2.66. The van der Waals surface area contributed by atoms with Gasteiger partial charge < -0.3 is 4.90 Å². The summed E-state index contributed by atoms with van der Waals surface area (Å²) in [5.74, 6) is 1.05. The molecule has 90 valence electrons. The predicted molar refractivity (Wildman–Crippen MR) is 67.0 cm³/mol. The Labute approximate surface area is 100 Å². The molecule has 1 saturated heterocycles. The summed E-state index contributed by atoms with van der Waals surface area (Å²) in [4.78, 5) is 11.1. The molecule has 17 heavy (non-hydrogen) atoms. The summed E-state index contributed by atoms with van der Waals surface area (Å²) in [5.41, 5.74) is 0.916. The van der Waals surface area contributed by atoms with Gasteiger partial charge in [0, 0.05) is 20.1 Å². The minimum Gasteiger partial charge on any atom is -0.356 e. The summed E-state index contributed by atoms with van der Waals surface area (Å²) in [5, 5.41) is 5.33. The van der Waals surface area contributed by atoms with Crippen LogP contribution < -0.4 is 4.90 Å². The largest absolute Gasteiger partial charge is 0.356 e. The Morgan fingerprint density at radius 2 is 1.82 bits per heavy atom. The number of aromatic nitrogens is 4. The van der Waals surface area contributed by atoms with Crippen molar-refractivity contribution >= 4 is 16.9 Å². The number of nitrogens with zero attached hydrogens (tertiary/aromatic N) is 5. The van der Waals surface area contributed by atoms with Crippen LogP contribution in [-0.4, -0.2) is 32.8 Å². The average molecular weight is 231 g/mol. The molecule has 2 aromatic heterocycles. The first-order valence-electron chi connectivity index (χ1n) is 6.24. The lowest BCUT2D eigenvalue weighted by Crippen LogP contribution is -2.25. The monoisotopic (exact) mass is 231 g/mol. The summed E-state index contributed by atoms with van der Waals surface area (Å²) >= 11 is 0. The first-order chi connectivity index (χ1) is 8.36. The van der Waals surface area contributed by atoms with Crippen molar-refractivity contribution < 1.29 is 0 Å². The Bertz CT molecular complexity index is 511. The fourth-order valence-corrected chi connectivity index (χ4v) is 2.48. The molecule has 1 aliphatic rings. The molecule has 0 atom stereocenters. The number of aryl methyl sites for hydroxylation is 1. The van der Waals surface area contributed by atoms with E-state index in [1.165, 1.54) is 25.7 Å². The minimum atomic E-state index is 0.916. The van der Waals surface area contributed by atoms with Gasteiger partial charge in [0.2, 0.25) is 0 Å².